The molecule has 0 saturated carbocycles. The lowest BCUT2D eigenvalue weighted by Crippen LogP contribution is -2.35. The van der Waals surface area contributed by atoms with Gasteiger partial charge < -0.3 is 10.1 Å². The summed E-state index contributed by atoms with van der Waals surface area (Å²) in [7, 11) is 0. The zero-order valence-corrected chi connectivity index (χ0v) is 16.2. The van der Waals surface area contributed by atoms with E-state index in [1.165, 1.54) is 44.3 Å². The monoisotopic (exact) mass is 366 g/mol. The smallest absolute Gasteiger partial charge is 0.261 e. The molecule has 3 rings (SSSR count). The topological polar surface area (TPSA) is 41.6 Å². The van der Waals surface area contributed by atoms with Gasteiger partial charge in [-0.3, -0.25) is 9.69 Å². The van der Waals surface area contributed by atoms with Crippen LogP contribution in [0.4, 0.5) is 0 Å². The first kappa shape index (κ1) is 19.4. The van der Waals surface area contributed by atoms with E-state index in [0.29, 0.717) is 12.3 Å². The van der Waals surface area contributed by atoms with Gasteiger partial charge in [0.15, 0.2) is 6.10 Å². The average molecular weight is 367 g/mol. The zero-order chi connectivity index (χ0) is 18.9. The van der Waals surface area contributed by atoms with Gasteiger partial charge in [0.25, 0.3) is 5.91 Å². The molecule has 144 valence electrons. The van der Waals surface area contributed by atoms with E-state index in [1.807, 2.05) is 30.3 Å². The lowest BCUT2D eigenvalue weighted by Gasteiger charge is -2.20. The molecule has 1 unspecified atom stereocenters. The highest BCUT2D eigenvalue weighted by molar-refractivity contribution is 5.80. The number of benzene rings is 2. The molecule has 1 atom stereocenters. The van der Waals surface area contributed by atoms with Crippen molar-refractivity contribution in [3.8, 4) is 5.75 Å². The Balaban J connectivity index is 1.44. The average Bonchev–Trinajstić information content (AvgIpc) is 2.96. The van der Waals surface area contributed by atoms with E-state index in [0.717, 1.165) is 12.1 Å². The van der Waals surface area contributed by atoms with Crippen molar-refractivity contribution in [2.24, 2.45) is 0 Å². The van der Waals surface area contributed by atoms with Crippen LogP contribution in [-0.2, 0) is 17.9 Å². The fourth-order valence-electron chi connectivity index (χ4n) is 3.40. The fraction of sp³-hybridized carbons (Fsp3) is 0.435. The molecule has 0 aromatic heterocycles. The second kappa shape index (κ2) is 10.1. The Morgan fingerprint density at radius 2 is 1.59 bits per heavy atom. The van der Waals surface area contributed by atoms with Crippen LogP contribution in [-0.4, -0.2) is 30.0 Å². The highest BCUT2D eigenvalue weighted by Crippen LogP contribution is 2.14. The van der Waals surface area contributed by atoms with Gasteiger partial charge in [-0.05, 0) is 56.1 Å². The van der Waals surface area contributed by atoms with E-state index in [-0.39, 0.29) is 5.91 Å². The van der Waals surface area contributed by atoms with Crippen LogP contribution < -0.4 is 10.1 Å². The van der Waals surface area contributed by atoms with E-state index < -0.39 is 6.10 Å². The van der Waals surface area contributed by atoms with Crippen LogP contribution in [0.3, 0.4) is 0 Å². The third-order valence-corrected chi connectivity index (χ3v) is 5.02. The molecule has 1 heterocycles. The molecule has 1 N–H and O–H groups in total. The van der Waals surface area contributed by atoms with Crippen LogP contribution in [0.1, 0.15) is 43.7 Å². The van der Waals surface area contributed by atoms with Crippen molar-refractivity contribution in [1.29, 1.82) is 0 Å². The largest absolute Gasteiger partial charge is 0.481 e. The van der Waals surface area contributed by atoms with E-state index in [2.05, 4.69) is 34.5 Å². The summed E-state index contributed by atoms with van der Waals surface area (Å²) in [6.07, 6.45) is 4.83. The van der Waals surface area contributed by atoms with Gasteiger partial charge in [-0.25, -0.2) is 0 Å². The second-order valence-corrected chi connectivity index (χ2v) is 7.30. The molecule has 1 aliphatic heterocycles. The SMILES string of the molecule is CC(Oc1ccccc1)C(=O)NCc1ccc(CN2CCCCCC2)cc1. The summed E-state index contributed by atoms with van der Waals surface area (Å²) in [5.41, 5.74) is 2.45. The van der Waals surface area contributed by atoms with Crippen molar-refractivity contribution in [1.82, 2.24) is 10.2 Å². The van der Waals surface area contributed by atoms with Gasteiger partial charge >= 0.3 is 0 Å². The number of nitrogens with zero attached hydrogens (tertiary/aromatic N) is 1. The van der Waals surface area contributed by atoms with Crippen molar-refractivity contribution in [2.75, 3.05) is 13.1 Å². The number of carbonyl (C=O) groups excluding carboxylic acids is 1. The molecule has 0 radical (unpaired) electrons. The Morgan fingerprint density at radius 1 is 0.963 bits per heavy atom. The first-order valence-corrected chi connectivity index (χ1v) is 10.0. The van der Waals surface area contributed by atoms with Crippen LogP contribution >= 0.6 is 0 Å². The summed E-state index contributed by atoms with van der Waals surface area (Å²) in [6.45, 7) is 5.72. The molecular weight excluding hydrogens is 336 g/mol. The number of para-hydroxylation sites is 1. The fourth-order valence-corrected chi connectivity index (χ4v) is 3.40. The highest BCUT2D eigenvalue weighted by atomic mass is 16.5. The third-order valence-electron chi connectivity index (χ3n) is 5.02. The predicted octanol–water partition coefficient (Wildman–Crippen LogP) is 4.15. The Morgan fingerprint density at radius 3 is 2.26 bits per heavy atom. The van der Waals surface area contributed by atoms with Crippen LogP contribution in [0.5, 0.6) is 5.75 Å². The quantitative estimate of drug-likeness (QED) is 0.800. The van der Waals surface area contributed by atoms with Gasteiger partial charge in [-0.1, -0.05) is 55.3 Å². The van der Waals surface area contributed by atoms with Gasteiger partial charge in [0, 0.05) is 13.1 Å². The lowest BCUT2D eigenvalue weighted by atomic mass is 10.1. The maximum absolute atomic E-state index is 12.2. The molecule has 2 aromatic rings. The van der Waals surface area contributed by atoms with Crippen LogP contribution in [0, 0.1) is 0 Å². The number of amides is 1. The molecule has 0 bridgehead atoms. The summed E-state index contributed by atoms with van der Waals surface area (Å²) < 4.78 is 5.66. The van der Waals surface area contributed by atoms with E-state index in [1.54, 1.807) is 6.92 Å². The van der Waals surface area contributed by atoms with E-state index in [4.69, 9.17) is 4.74 Å². The Bertz CT molecular complexity index is 692. The minimum Gasteiger partial charge on any atom is -0.481 e. The normalized spacial score (nSPS) is 16.3. The molecular formula is C23H30N2O2. The predicted molar refractivity (Wildman–Crippen MR) is 109 cm³/mol. The van der Waals surface area contributed by atoms with Crippen LogP contribution in [0.25, 0.3) is 0 Å². The van der Waals surface area contributed by atoms with Gasteiger partial charge in [-0.2, -0.15) is 0 Å². The zero-order valence-electron chi connectivity index (χ0n) is 16.2. The summed E-state index contributed by atoms with van der Waals surface area (Å²) in [5, 5.41) is 2.95. The van der Waals surface area contributed by atoms with Crippen molar-refractivity contribution in [3.05, 3.63) is 65.7 Å². The number of ether oxygens (including phenoxy) is 1. The highest BCUT2D eigenvalue weighted by Gasteiger charge is 2.14. The standard InChI is InChI=1S/C23H30N2O2/c1-19(27-22-9-5-4-6-10-22)23(26)24-17-20-11-13-21(14-12-20)18-25-15-7-2-3-8-16-25/h4-6,9-14,19H,2-3,7-8,15-18H2,1H3,(H,24,26). The number of hydrogen-bond donors (Lipinski definition) is 1. The maximum atomic E-state index is 12.2. The van der Waals surface area contributed by atoms with Crippen molar-refractivity contribution < 1.29 is 9.53 Å². The van der Waals surface area contributed by atoms with E-state index in [9.17, 15) is 4.79 Å². The third kappa shape index (κ3) is 6.40. The van der Waals surface area contributed by atoms with Crippen LogP contribution in [0.2, 0.25) is 0 Å². The van der Waals surface area contributed by atoms with Gasteiger partial charge in [0.2, 0.25) is 0 Å². The second-order valence-electron chi connectivity index (χ2n) is 7.30. The Labute approximate surface area is 162 Å². The molecule has 27 heavy (non-hydrogen) atoms. The Hall–Kier alpha value is -2.33. The number of likely N-dealkylation sites (tertiary alicyclic amines) is 1. The van der Waals surface area contributed by atoms with Gasteiger partial charge in [-0.15, -0.1) is 0 Å². The first-order valence-electron chi connectivity index (χ1n) is 10.0. The van der Waals surface area contributed by atoms with Gasteiger partial charge in [0.05, 0.1) is 0 Å². The van der Waals surface area contributed by atoms with Crippen molar-refractivity contribution in [3.63, 3.8) is 0 Å². The number of hydrogen-bond acceptors (Lipinski definition) is 3. The molecule has 4 heteroatoms. The Kier molecular flexibility index (Phi) is 7.28. The number of nitrogens with one attached hydrogen (secondary N) is 1. The van der Waals surface area contributed by atoms with Crippen molar-refractivity contribution >= 4 is 5.91 Å². The number of carbonyl (C=O) groups is 1. The lowest BCUT2D eigenvalue weighted by molar-refractivity contribution is -0.127. The summed E-state index contributed by atoms with van der Waals surface area (Å²) in [6, 6.07) is 18.0. The molecule has 1 aliphatic rings. The molecule has 1 amide bonds. The summed E-state index contributed by atoms with van der Waals surface area (Å²) >= 11 is 0. The molecule has 4 nitrogen and oxygen atoms in total. The molecule has 1 fully saturated rings. The van der Waals surface area contributed by atoms with Crippen LogP contribution in [0.15, 0.2) is 54.6 Å². The van der Waals surface area contributed by atoms with Crippen molar-refractivity contribution in [2.45, 2.75) is 51.8 Å². The summed E-state index contributed by atoms with van der Waals surface area (Å²) in [5.74, 6) is 0.602. The first-order chi connectivity index (χ1) is 13.2. The minimum absolute atomic E-state index is 0.104. The molecule has 0 aliphatic carbocycles. The molecule has 1 saturated heterocycles. The van der Waals surface area contributed by atoms with Gasteiger partial charge in [0.1, 0.15) is 5.75 Å². The van der Waals surface area contributed by atoms with E-state index >= 15 is 0 Å². The molecule has 2 aromatic carbocycles. The molecule has 0 spiro atoms. The summed E-state index contributed by atoms with van der Waals surface area (Å²) in [4.78, 5) is 14.8. The maximum Gasteiger partial charge on any atom is 0.261 e. The minimum atomic E-state index is -0.519. The number of rotatable bonds is 7.